The van der Waals surface area contributed by atoms with Gasteiger partial charge in [-0.05, 0) is 25.3 Å². The Balaban J connectivity index is 2.54. The van der Waals surface area contributed by atoms with Gasteiger partial charge in [-0.15, -0.1) is 0 Å². The lowest BCUT2D eigenvalue weighted by Crippen LogP contribution is -2.33. The summed E-state index contributed by atoms with van der Waals surface area (Å²) in [5.74, 6) is -0.0318. The fourth-order valence-electron chi connectivity index (χ4n) is 1.68. The van der Waals surface area contributed by atoms with Crippen LogP contribution >= 0.6 is 0 Å². The van der Waals surface area contributed by atoms with Gasteiger partial charge in [0.15, 0.2) is 0 Å². The number of nitro groups is 1. The highest BCUT2D eigenvalue weighted by Gasteiger charge is 2.15. The zero-order chi connectivity index (χ0) is 14.4. The SMILES string of the molecule is C[C@H](N)CCC(=O)[C@@H](N)Cc1ccc([N+](=O)[O-])cc1. The zero-order valence-corrected chi connectivity index (χ0v) is 10.9. The Morgan fingerprint density at radius 2 is 1.89 bits per heavy atom. The third-order valence-corrected chi connectivity index (χ3v) is 2.86. The maximum atomic E-state index is 11.7. The van der Waals surface area contributed by atoms with E-state index < -0.39 is 11.0 Å². The van der Waals surface area contributed by atoms with Crippen LogP contribution in [0.5, 0.6) is 0 Å². The van der Waals surface area contributed by atoms with E-state index in [1.165, 1.54) is 12.1 Å². The number of nitro benzene ring substituents is 1. The van der Waals surface area contributed by atoms with Crippen LogP contribution < -0.4 is 11.5 Å². The van der Waals surface area contributed by atoms with Crippen LogP contribution in [0.2, 0.25) is 0 Å². The summed E-state index contributed by atoms with van der Waals surface area (Å²) in [5, 5.41) is 10.5. The minimum absolute atomic E-state index is 0.0180. The zero-order valence-electron chi connectivity index (χ0n) is 10.9. The van der Waals surface area contributed by atoms with E-state index in [1.807, 2.05) is 6.92 Å². The molecular formula is C13H19N3O3. The van der Waals surface area contributed by atoms with Crippen LogP contribution in [0.4, 0.5) is 5.69 Å². The van der Waals surface area contributed by atoms with Gasteiger partial charge >= 0.3 is 0 Å². The Labute approximate surface area is 111 Å². The number of carbonyl (C=O) groups excluding carboxylic acids is 1. The first-order valence-corrected chi connectivity index (χ1v) is 6.17. The molecule has 0 aromatic heterocycles. The largest absolute Gasteiger partial charge is 0.328 e. The number of benzene rings is 1. The summed E-state index contributed by atoms with van der Waals surface area (Å²) in [6.45, 7) is 1.84. The average molecular weight is 265 g/mol. The van der Waals surface area contributed by atoms with E-state index in [1.54, 1.807) is 12.1 Å². The van der Waals surface area contributed by atoms with Crippen molar-refractivity contribution in [3.8, 4) is 0 Å². The number of non-ortho nitro benzene ring substituents is 1. The number of hydrogen-bond donors (Lipinski definition) is 2. The molecule has 0 unspecified atom stereocenters. The molecule has 0 bridgehead atoms. The van der Waals surface area contributed by atoms with Crippen LogP contribution in [-0.2, 0) is 11.2 Å². The van der Waals surface area contributed by atoms with Crippen LogP contribution in [0.15, 0.2) is 24.3 Å². The molecule has 0 aliphatic heterocycles. The van der Waals surface area contributed by atoms with Crippen LogP contribution in [0, 0.1) is 10.1 Å². The second-order valence-electron chi connectivity index (χ2n) is 4.72. The highest BCUT2D eigenvalue weighted by molar-refractivity contribution is 5.84. The van der Waals surface area contributed by atoms with Gasteiger partial charge in [0.1, 0.15) is 5.78 Å². The lowest BCUT2D eigenvalue weighted by Gasteiger charge is -2.11. The molecule has 0 radical (unpaired) electrons. The van der Waals surface area contributed by atoms with Gasteiger partial charge in [-0.25, -0.2) is 0 Å². The molecule has 4 N–H and O–H groups in total. The number of hydrogen-bond acceptors (Lipinski definition) is 5. The second kappa shape index (κ2) is 6.96. The lowest BCUT2D eigenvalue weighted by molar-refractivity contribution is -0.384. The van der Waals surface area contributed by atoms with Gasteiger partial charge < -0.3 is 11.5 Å². The van der Waals surface area contributed by atoms with E-state index in [2.05, 4.69) is 0 Å². The molecule has 0 spiro atoms. The molecule has 0 aliphatic rings. The first-order chi connectivity index (χ1) is 8.90. The highest BCUT2D eigenvalue weighted by Crippen LogP contribution is 2.13. The molecular weight excluding hydrogens is 246 g/mol. The van der Waals surface area contributed by atoms with Gasteiger partial charge in [0.05, 0.1) is 11.0 Å². The first-order valence-electron chi connectivity index (χ1n) is 6.17. The quantitative estimate of drug-likeness (QED) is 0.567. The standard InChI is InChI=1S/C13H19N3O3/c1-9(14)2-7-13(17)12(15)8-10-3-5-11(6-4-10)16(18)19/h3-6,9,12H,2,7-8,14-15H2,1H3/t9-,12-/m0/s1. The van der Waals surface area contributed by atoms with Crippen molar-refractivity contribution >= 4 is 11.5 Å². The van der Waals surface area contributed by atoms with Gasteiger partial charge in [-0.3, -0.25) is 14.9 Å². The maximum absolute atomic E-state index is 11.7. The van der Waals surface area contributed by atoms with Crippen molar-refractivity contribution < 1.29 is 9.72 Å². The fourth-order valence-corrected chi connectivity index (χ4v) is 1.68. The summed E-state index contributed by atoms with van der Waals surface area (Å²) in [4.78, 5) is 21.8. The van der Waals surface area contributed by atoms with Crippen LogP contribution in [0.1, 0.15) is 25.3 Å². The second-order valence-corrected chi connectivity index (χ2v) is 4.72. The number of ketones is 1. The van der Waals surface area contributed by atoms with Gasteiger partial charge in [0.25, 0.3) is 5.69 Å². The van der Waals surface area contributed by atoms with Crippen molar-refractivity contribution in [3.63, 3.8) is 0 Å². The summed E-state index contributed by atoms with van der Waals surface area (Å²) in [6.07, 6.45) is 1.37. The molecule has 6 heteroatoms. The number of rotatable bonds is 7. The first kappa shape index (κ1) is 15.3. The van der Waals surface area contributed by atoms with Crippen molar-refractivity contribution in [3.05, 3.63) is 39.9 Å². The van der Waals surface area contributed by atoms with Crippen molar-refractivity contribution in [1.82, 2.24) is 0 Å². The topological polar surface area (TPSA) is 112 Å². The van der Waals surface area contributed by atoms with E-state index >= 15 is 0 Å². The molecule has 19 heavy (non-hydrogen) atoms. The average Bonchev–Trinajstić information content (AvgIpc) is 2.36. The number of nitrogens with zero attached hydrogens (tertiary/aromatic N) is 1. The van der Waals surface area contributed by atoms with Crippen LogP contribution in [0.3, 0.4) is 0 Å². The molecule has 0 aliphatic carbocycles. The third-order valence-electron chi connectivity index (χ3n) is 2.86. The van der Waals surface area contributed by atoms with E-state index in [9.17, 15) is 14.9 Å². The predicted molar refractivity (Wildman–Crippen MR) is 72.7 cm³/mol. The molecule has 104 valence electrons. The van der Waals surface area contributed by atoms with Gasteiger partial charge in [-0.1, -0.05) is 12.1 Å². The van der Waals surface area contributed by atoms with Crippen molar-refractivity contribution in [1.29, 1.82) is 0 Å². The van der Waals surface area contributed by atoms with E-state index in [-0.39, 0.29) is 17.5 Å². The molecule has 1 rings (SSSR count). The number of Topliss-reactive ketones (excluding diaryl/α,β-unsaturated/α-hetero) is 1. The molecule has 1 aromatic rings. The van der Waals surface area contributed by atoms with Gasteiger partial charge in [0.2, 0.25) is 0 Å². The van der Waals surface area contributed by atoms with Gasteiger partial charge in [-0.2, -0.15) is 0 Å². The highest BCUT2D eigenvalue weighted by atomic mass is 16.6. The van der Waals surface area contributed by atoms with Crippen LogP contribution in [0.25, 0.3) is 0 Å². The summed E-state index contributed by atoms with van der Waals surface area (Å²) in [5.41, 5.74) is 12.2. The molecule has 1 aromatic carbocycles. The van der Waals surface area contributed by atoms with Gasteiger partial charge in [0, 0.05) is 24.6 Å². The Morgan fingerprint density at radius 1 is 1.32 bits per heavy atom. The maximum Gasteiger partial charge on any atom is 0.269 e. The fraction of sp³-hybridized carbons (Fsp3) is 0.462. The molecule has 0 heterocycles. The van der Waals surface area contributed by atoms with E-state index in [4.69, 9.17) is 11.5 Å². The van der Waals surface area contributed by atoms with E-state index in [0.29, 0.717) is 19.3 Å². The molecule has 0 amide bonds. The van der Waals surface area contributed by atoms with Crippen molar-refractivity contribution in [2.24, 2.45) is 11.5 Å². The van der Waals surface area contributed by atoms with Crippen LogP contribution in [-0.4, -0.2) is 22.8 Å². The monoisotopic (exact) mass is 265 g/mol. The smallest absolute Gasteiger partial charge is 0.269 e. The predicted octanol–water partition coefficient (Wildman–Crippen LogP) is 1.16. The Morgan fingerprint density at radius 3 is 2.37 bits per heavy atom. The Bertz CT molecular complexity index is 443. The minimum Gasteiger partial charge on any atom is -0.328 e. The van der Waals surface area contributed by atoms with Crippen molar-refractivity contribution in [2.75, 3.05) is 0 Å². The summed E-state index contributed by atoms with van der Waals surface area (Å²) in [7, 11) is 0. The lowest BCUT2D eigenvalue weighted by atomic mass is 9.99. The third kappa shape index (κ3) is 5.15. The molecule has 2 atom stereocenters. The summed E-state index contributed by atoms with van der Waals surface area (Å²) in [6, 6.07) is 5.46. The summed E-state index contributed by atoms with van der Waals surface area (Å²) >= 11 is 0. The normalized spacial score (nSPS) is 13.8. The molecule has 6 nitrogen and oxygen atoms in total. The molecule has 0 saturated carbocycles. The minimum atomic E-state index is -0.583. The molecule has 0 fully saturated rings. The Kier molecular flexibility index (Phi) is 5.59. The molecule has 0 saturated heterocycles. The van der Waals surface area contributed by atoms with Crippen molar-refractivity contribution in [2.45, 2.75) is 38.3 Å². The number of carbonyl (C=O) groups is 1. The Hall–Kier alpha value is -1.79. The van der Waals surface area contributed by atoms with E-state index in [0.717, 1.165) is 5.56 Å². The number of nitrogens with two attached hydrogens (primary N) is 2. The summed E-state index contributed by atoms with van der Waals surface area (Å²) < 4.78 is 0.